The van der Waals surface area contributed by atoms with E-state index in [0.717, 1.165) is 5.56 Å². The Morgan fingerprint density at radius 1 is 1.38 bits per heavy atom. The zero-order valence-corrected chi connectivity index (χ0v) is 9.72. The first-order chi connectivity index (χ1) is 7.59. The molecule has 1 aliphatic heterocycles. The van der Waals surface area contributed by atoms with E-state index in [1.165, 1.54) is 0 Å². The molecule has 2 atom stereocenters. The summed E-state index contributed by atoms with van der Waals surface area (Å²) in [5.41, 5.74) is 0.978. The summed E-state index contributed by atoms with van der Waals surface area (Å²) in [6.07, 6.45) is -1.06. The van der Waals surface area contributed by atoms with Crippen LogP contribution in [0.3, 0.4) is 0 Å². The molecule has 16 heavy (non-hydrogen) atoms. The molecule has 0 aromatic heterocycles. The maximum atomic E-state index is 9.66. The molecular weight excluding hydrogens is 204 g/mol. The minimum atomic E-state index is -0.807. The van der Waals surface area contributed by atoms with E-state index >= 15 is 0 Å². The van der Waals surface area contributed by atoms with E-state index in [4.69, 9.17) is 9.47 Å². The Hall–Kier alpha value is -0.900. The van der Waals surface area contributed by atoms with Crippen LogP contribution in [-0.2, 0) is 16.1 Å². The van der Waals surface area contributed by atoms with Crippen molar-refractivity contribution in [3.05, 3.63) is 35.9 Å². The zero-order chi connectivity index (χ0) is 11.6. The predicted octanol–water partition coefficient (Wildman–Crippen LogP) is 1.95. The molecule has 3 nitrogen and oxygen atoms in total. The van der Waals surface area contributed by atoms with Crippen LogP contribution in [0.15, 0.2) is 30.3 Å². The summed E-state index contributed by atoms with van der Waals surface area (Å²) in [4.78, 5) is 0. The predicted molar refractivity (Wildman–Crippen MR) is 60.8 cm³/mol. The average Bonchev–Trinajstić information content (AvgIpc) is 2.52. The lowest BCUT2D eigenvalue weighted by Crippen LogP contribution is -2.35. The van der Waals surface area contributed by atoms with Gasteiger partial charge in [-0.3, -0.25) is 0 Å². The minimum absolute atomic E-state index is 0.131. The molecule has 0 saturated carbocycles. The van der Waals surface area contributed by atoms with Crippen LogP contribution in [-0.4, -0.2) is 24.1 Å². The molecule has 88 valence electrons. The molecule has 1 aliphatic rings. The second-order valence-electron chi connectivity index (χ2n) is 4.91. The van der Waals surface area contributed by atoms with Gasteiger partial charge in [-0.05, 0) is 5.56 Å². The number of hydrogen-bond acceptors (Lipinski definition) is 3. The summed E-state index contributed by atoms with van der Waals surface area (Å²) in [6, 6.07) is 9.95. The van der Waals surface area contributed by atoms with Crippen LogP contribution in [0.4, 0.5) is 0 Å². The maximum absolute atomic E-state index is 9.66. The van der Waals surface area contributed by atoms with Gasteiger partial charge in [0, 0.05) is 5.41 Å². The Labute approximate surface area is 96.0 Å². The third kappa shape index (κ3) is 2.43. The average molecular weight is 222 g/mol. The lowest BCUT2D eigenvalue weighted by molar-refractivity contribution is -0.138. The fourth-order valence-electron chi connectivity index (χ4n) is 1.92. The number of hydrogen-bond donors (Lipinski definition) is 1. The van der Waals surface area contributed by atoms with Crippen molar-refractivity contribution in [3.8, 4) is 0 Å². The molecule has 0 aliphatic carbocycles. The number of ether oxygens (including phenoxy) is 2. The number of aliphatic hydroxyl groups excluding tert-OH is 1. The third-order valence-corrected chi connectivity index (χ3v) is 2.93. The smallest absolute Gasteiger partial charge is 0.181 e. The number of rotatable bonds is 3. The topological polar surface area (TPSA) is 38.7 Å². The van der Waals surface area contributed by atoms with Gasteiger partial charge >= 0.3 is 0 Å². The first-order valence-electron chi connectivity index (χ1n) is 5.55. The van der Waals surface area contributed by atoms with Crippen molar-refractivity contribution in [1.29, 1.82) is 0 Å². The summed E-state index contributed by atoms with van der Waals surface area (Å²) in [5.74, 6) is 0. The Kier molecular flexibility index (Phi) is 3.28. The lowest BCUT2D eigenvalue weighted by Gasteiger charge is -2.26. The second kappa shape index (κ2) is 4.53. The first kappa shape index (κ1) is 11.6. The molecule has 0 amide bonds. The highest BCUT2D eigenvalue weighted by Gasteiger charge is 2.43. The molecule has 3 heteroatoms. The van der Waals surface area contributed by atoms with Crippen LogP contribution >= 0.6 is 0 Å². The number of benzene rings is 1. The van der Waals surface area contributed by atoms with E-state index in [0.29, 0.717) is 13.2 Å². The van der Waals surface area contributed by atoms with E-state index in [-0.39, 0.29) is 11.5 Å². The summed E-state index contributed by atoms with van der Waals surface area (Å²) >= 11 is 0. The second-order valence-corrected chi connectivity index (χ2v) is 4.91. The van der Waals surface area contributed by atoms with Crippen molar-refractivity contribution in [2.24, 2.45) is 5.41 Å². The quantitative estimate of drug-likeness (QED) is 0.849. The van der Waals surface area contributed by atoms with Gasteiger partial charge in [0.1, 0.15) is 6.10 Å². The molecule has 1 unspecified atom stereocenters. The SMILES string of the molecule is CC1(C)CO[C@@H](O)C1OCc1ccccc1. The molecule has 0 spiro atoms. The van der Waals surface area contributed by atoms with Crippen LogP contribution in [0.2, 0.25) is 0 Å². The molecule has 1 N–H and O–H groups in total. The van der Waals surface area contributed by atoms with E-state index < -0.39 is 6.29 Å². The van der Waals surface area contributed by atoms with Crippen LogP contribution in [0, 0.1) is 5.41 Å². The van der Waals surface area contributed by atoms with Crippen molar-refractivity contribution in [1.82, 2.24) is 0 Å². The van der Waals surface area contributed by atoms with Crippen LogP contribution in [0.25, 0.3) is 0 Å². The third-order valence-electron chi connectivity index (χ3n) is 2.93. The van der Waals surface area contributed by atoms with Gasteiger partial charge in [-0.2, -0.15) is 0 Å². The van der Waals surface area contributed by atoms with Gasteiger partial charge in [-0.15, -0.1) is 0 Å². The van der Waals surface area contributed by atoms with E-state index in [2.05, 4.69) is 0 Å². The lowest BCUT2D eigenvalue weighted by atomic mass is 9.89. The maximum Gasteiger partial charge on any atom is 0.181 e. The summed E-state index contributed by atoms with van der Waals surface area (Å²) < 4.78 is 10.9. The summed E-state index contributed by atoms with van der Waals surface area (Å²) in [5, 5.41) is 9.66. The van der Waals surface area contributed by atoms with Crippen LogP contribution < -0.4 is 0 Å². The van der Waals surface area contributed by atoms with Crippen LogP contribution in [0.1, 0.15) is 19.4 Å². The van der Waals surface area contributed by atoms with Crippen molar-refractivity contribution in [2.75, 3.05) is 6.61 Å². The molecule has 0 radical (unpaired) electrons. The molecule has 1 aromatic carbocycles. The van der Waals surface area contributed by atoms with Crippen molar-refractivity contribution in [2.45, 2.75) is 32.8 Å². The van der Waals surface area contributed by atoms with Gasteiger partial charge in [0.05, 0.1) is 13.2 Å². The first-order valence-corrected chi connectivity index (χ1v) is 5.55. The monoisotopic (exact) mass is 222 g/mol. The normalized spacial score (nSPS) is 28.2. The van der Waals surface area contributed by atoms with Gasteiger partial charge in [-0.1, -0.05) is 44.2 Å². The van der Waals surface area contributed by atoms with Crippen LogP contribution in [0.5, 0.6) is 0 Å². The fraction of sp³-hybridized carbons (Fsp3) is 0.538. The molecule has 1 saturated heterocycles. The minimum Gasteiger partial charge on any atom is -0.368 e. The van der Waals surface area contributed by atoms with Crippen molar-refractivity contribution in [3.63, 3.8) is 0 Å². The zero-order valence-electron chi connectivity index (χ0n) is 9.72. The van der Waals surface area contributed by atoms with Crippen molar-refractivity contribution < 1.29 is 14.6 Å². The van der Waals surface area contributed by atoms with E-state index in [1.807, 2.05) is 44.2 Å². The van der Waals surface area contributed by atoms with Gasteiger partial charge in [0.2, 0.25) is 0 Å². The summed E-state index contributed by atoms with van der Waals surface area (Å²) in [6.45, 7) is 5.13. The Morgan fingerprint density at radius 3 is 2.62 bits per heavy atom. The molecule has 0 bridgehead atoms. The van der Waals surface area contributed by atoms with E-state index in [9.17, 15) is 5.11 Å². The van der Waals surface area contributed by atoms with Gasteiger partial charge in [0.15, 0.2) is 6.29 Å². The van der Waals surface area contributed by atoms with Crippen molar-refractivity contribution >= 4 is 0 Å². The molecular formula is C13H18O3. The molecule has 2 rings (SSSR count). The van der Waals surface area contributed by atoms with Gasteiger partial charge in [-0.25, -0.2) is 0 Å². The van der Waals surface area contributed by atoms with Gasteiger partial charge < -0.3 is 14.6 Å². The highest BCUT2D eigenvalue weighted by Crippen LogP contribution is 2.33. The summed E-state index contributed by atoms with van der Waals surface area (Å²) in [7, 11) is 0. The molecule has 1 fully saturated rings. The highest BCUT2D eigenvalue weighted by molar-refractivity contribution is 5.13. The number of aliphatic hydroxyl groups is 1. The standard InChI is InChI=1S/C13H18O3/c1-13(2)9-16-12(14)11(13)15-8-10-6-4-3-5-7-10/h3-7,11-12,14H,8-9H2,1-2H3/t11?,12-/m1/s1. The Bertz CT molecular complexity index is 334. The Balaban J connectivity index is 1.95. The highest BCUT2D eigenvalue weighted by atomic mass is 16.6. The Morgan fingerprint density at radius 2 is 2.06 bits per heavy atom. The fourth-order valence-corrected chi connectivity index (χ4v) is 1.92. The van der Waals surface area contributed by atoms with E-state index in [1.54, 1.807) is 0 Å². The largest absolute Gasteiger partial charge is 0.368 e. The molecule has 1 aromatic rings. The van der Waals surface area contributed by atoms with Gasteiger partial charge in [0.25, 0.3) is 0 Å². The molecule has 1 heterocycles.